The Labute approximate surface area is 135 Å². The third-order valence-corrected chi connectivity index (χ3v) is 4.11. The summed E-state index contributed by atoms with van der Waals surface area (Å²) >= 11 is 0. The number of rotatable bonds is 6. The van der Waals surface area contributed by atoms with Crippen molar-refractivity contribution in [3.05, 3.63) is 48.5 Å². The van der Waals surface area contributed by atoms with Gasteiger partial charge in [-0.2, -0.15) is 0 Å². The summed E-state index contributed by atoms with van der Waals surface area (Å²) in [4.78, 5) is 12.5. The zero-order valence-corrected chi connectivity index (χ0v) is 13.1. The predicted octanol–water partition coefficient (Wildman–Crippen LogP) is 2.35. The first kappa shape index (κ1) is 15.4. The van der Waals surface area contributed by atoms with Crippen LogP contribution in [0.3, 0.4) is 0 Å². The molecule has 0 amide bonds. The highest BCUT2D eigenvalue weighted by atomic mass is 16.3. The average molecular weight is 311 g/mol. The summed E-state index contributed by atoms with van der Waals surface area (Å²) in [6.45, 7) is 1.80. The number of aliphatic hydroxyl groups excluding tert-OH is 1. The number of benzene rings is 1. The number of nitrogens with two attached hydrogens (primary N) is 1. The molecular formula is C17H21N5O. The topological polar surface area (TPSA) is 89.8 Å². The van der Waals surface area contributed by atoms with Crippen LogP contribution >= 0.6 is 0 Å². The molecule has 2 heterocycles. The molecule has 120 valence electrons. The Kier molecular flexibility index (Phi) is 4.52. The van der Waals surface area contributed by atoms with Crippen molar-refractivity contribution in [2.45, 2.75) is 38.3 Å². The Morgan fingerprint density at radius 3 is 2.70 bits per heavy atom. The lowest BCUT2D eigenvalue weighted by Gasteiger charge is -2.22. The number of hydrogen-bond acceptors (Lipinski definition) is 5. The van der Waals surface area contributed by atoms with E-state index in [0.29, 0.717) is 17.0 Å². The maximum absolute atomic E-state index is 10.2. The second kappa shape index (κ2) is 6.75. The molecule has 2 aromatic heterocycles. The number of aromatic nitrogens is 4. The van der Waals surface area contributed by atoms with E-state index in [4.69, 9.17) is 5.73 Å². The van der Waals surface area contributed by atoms with Gasteiger partial charge in [-0.05, 0) is 31.7 Å². The SMILES string of the molecule is C[C@H](O)[C@@H](CCCc1ccccc1)n1cnc2c(N)ncnc21. The minimum Gasteiger partial charge on any atom is -0.391 e. The highest BCUT2D eigenvalue weighted by Gasteiger charge is 2.20. The van der Waals surface area contributed by atoms with Crippen LogP contribution < -0.4 is 5.73 Å². The van der Waals surface area contributed by atoms with Crippen molar-refractivity contribution < 1.29 is 5.11 Å². The first-order valence-corrected chi connectivity index (χ1v) is 7.82. The summed E-state index contributed by atoms with van der Waals surface area (Å²) in [5.74, 6) is 0.363. The third-order valence-electron chi connectivity index (χ3n) is 4.11. The molecule has 0 aliphatic carbocycles. The summed E-state index contributed by atoms with van der Waals surface area (Å²) in [6.07, 6.45) is 5.41. The molecular weight excluding hydrogens is 290 g/mol. The van der Waals surface area contributed by atoms with Gasteiger partial charge < -0.3 is 15.4 Å². The molecule has 0 radical (unpaired) electrons. The quantitative estimate of drug-likeness (QED) is 0.729. The molecule has 23 heavy (non-hydrogen) atoms. The highest BCUT2D eigenvalue weighted by Crippen LogP contribution is 2.25. The van der Waals surface area contributed by atoms with Crippen molar-refractivity contribution in [2.75, 3.05) is 5.73 Å². The molecule has 0 bridgehead atoms. The third kappa shape index (κ3) is 3.32. The van der Waals surface area contributed by atoms with Crippen LogP contribution in [0.1, 0.15) is 31.4 Å². The molecule has 0 fully saturated rings. The molecule has 0 unspecified atom stereocenters. The summed E-state index contributed by atoms with van der Waals surface area (Å²) in [7, 11) is 0. The molecule has 0 saturated heterocycles. The fourth-order valence-corrected chi connectivity index (χ4v) is 2.89. The van der Waals surface area contributed by atoms with Gasteiger partial charge in [0.1, 0.15) is 11.8 Å². The molecule has 0 spiro atoms. The Morgan fingerprint density at radius 1 is 1.17 bits per heavy atom. The van der Waals surface area contributed by atoms with E-state index in [9.17, 15) is 5.11 Å². The molecule has 0 aliphatic rings. The minimum atomic E-state index is -0.501. The number of fused-ring (bicyclic) bond motifs is 1. The summed E-state index contributed by atoms with van der Waals surface area (Å²) in [6, 6.07) is 10.3. The van der Waals surface area contributed by atoms with Crippen molar-refractivity contribution in [1.29, 1.82) is 0 Å². The molecule has 0 saturated carbocycles. The maximum Gasteiger partial charge on any atom is 0.165 e. The van der Waals surface area contributed by atoms with E-state index in [1.54, 1.807) is 13.3 Å². The van der Waals surface area contributed by atoms with Crippen LogP contribution in [0.25, 0.3) is 11.2 Å². The van der Waals surface area contributed by atoms with Crippen LogP contribution in [0.5, 0.6) is 0 Å². The fraction of sp³-hybridized carbons (Fsp3) is 0.353. The zero-order valence-electron chi connectivity index (χ0n) is 13.1. The van der Waals surface area contributed by atoms with Gasteiger partial charge in [0.15, 0.2) is 11.5 Å². The van der Waals surface area contributed by atoms with Crippen LogP contribution in [0.15, 0.2) is 43.0 Å². The summed E-state index contributed by atoms with van der Waals surface area (Å²) in [5.41, 5.74) is 8.39. The van der Waals surface area contributed by atoms with Gasteiger partial charge in [-0.3, -0.25) is 0 Å². The van der Waals surface area contributed by atoms with Crippen LogP contribution in [0.2, 0.25) is 0 Å². The highest BCUT2D eigenvalue weighted by molar-refractivity contribution is 5.81. The molecule has 3 N–H and O–H groups in total. The number of nitrogens with zero attached hydrogens (tertiary/aromatic N) is 4. The van der Waals surface area contributed by atoms with E-state index in [-0.39, 0.29) is 6.04 Å². The Bertz CT molecular complexity index is 769. The van der Waals surface area contributed by atoms with Crippen molar-refractivity contribution in [1.82, 2.24) is 19.5 Å². The largest absolute Gasteiger partial charge is 0.391 e. The number of hydrogen-bond donors (Lipinski definition) is 2. The molecule has 1 aromatic carbocycles. The van der Waals surface area contributed by atoms with Gasteiger partial charge in [0.2, 0.25) is 0 Å². The van der Waals surface area contributed by atoms with E-state index in [1.807, 2.05) is 22.8 Å². The Balaban J connectivity index is 1.77. The maximum atomic E-state index is 10.2. The lowest BCUT2D eigenvalue weighted by Crippen LogP contribution is -2.21. The van der Waals surface area contributed by atoms with Crippen LogP contribution in [0, 0.1) is 0 Å². The van der Waals surface area contributed by atoms with Gasteiger partial charge >= 0.3 is 0 Å². The normalized spacial score (nSPS) is 14.0. The standard InChI is InChI=1S/C17H21N5O/c1-12(23)14(9-5-8-13-6-3-2-4-7-13)22-11-21-15-16(18)19-10-20-17(15)22/h2-4,6-7,10-12,14,23H,5,8-9H2,1H3,(H2,18,19,20)/t12-,14+/m0/s1. The predicted molar refractivity (Wildman–Crippen MR) is 89.8 cm³/mol. The molecule has 6 nitrogen and oxygen atoms in total. The second-order valence-corrected chi connectivity index (χ2v) is 5.77. The molecule has 6 heteroatoms. The lowest BCUT2D eigenvalue weighted by molar-refractivity contribution is 0.125. The monoisotopic (exact) mass is 311 g/mol. The van der Waals surface area contributed by atoms with Crippen molar-refractivity contribution >= 4 is 17.0 Å². The fourth-order valence-electron chi connectivity index (χ4n) is 2.89. The first-order valence-electron chi connectivity index (χ1n) is 7.82. The average Bonchev–Trinajstić information content (AvgIpc) is 2.97. The summed E-state index contributed by atoms with van der Waals surface area (Å²) in [5, 5.41) is 10.2. The molecule has 3 aromatic rings. The Hall–Kier alpha value is -2.47. The van der Waals surface area contributed by atoms with Crippen LogP contribution in [-0.4, -0.2) is 30.7 Å². The number of nitrogen functional groups attached to an aromatic ring is 1. The van der Waals surface area contributed by atoms with E-state index >= 15 is 0 Å². The number of imidazole rings is 1. The van der Waals surface area contributed by atoms with Gasteiger partial charge in [0.25, 0.3) is 0 Å². The van der Waals surface area contributed by atoms with Gasteiger partial charge in [-0.15, -0.1) is 0 Å². The van der Waals surface area contributed by atoms with E-state index in [1.165, 1.54) is 11.9 Å². The van der Waals surface area contributed by atoms with Gasteiger partial charge in [0, 0.05) is 0 Å². The molecule has 0 aliphatic heterocycles. The van der Waals surface area contributed by atoms with Crippen LogP contribution in [-0.2, 0) is 6.42 Å². The number of aryl methyl sites for hydroxylation is 1. The molecule has 2 atom stereocenters. The van der Waals surface area contributed by atoms with Crippen LogP contribution in [0.4, 0.5) is 5.82 Å². The van der Waals surface area contributed by atoms with E-state index < -0.39 is 6.10 Å². The zero-order chi connectivity index (χ0) is 16.2. The second-order valence-electron chi connectivity index (χ2n) is 5.77. The number of aliphatic hydroxyl groups is 1. The smallest absolute Gasteiger partial charge is 0.165 e. The van der Waals surface area contributed by atoms with Gasteiger partial charge in [-0.25, -0.2) is 15.0 Å². The van der Waals surface area contributed by atoms with E-state index in [0.717, 1.165) is 19.3 Å². The van der Waals surface area contributed by atoms with Crippen molar-refractivity contribution in [2.24, 2.45) is 0 Å². The van der Waals surface area contributed by atoms with E-state index in [2.05, 4.69) is 27.1 Å². The van der Waals surface area contributed by atoms with Crippen molar-refractivity contribution in [3.63, 3.8) is 0 Å². The first-order chi connectivity index (χ1) is 11.2. The lowest BCUT2D eigenvalue weighted by atomic mass is 10.0. The van der Waals surface area contributed by atoms with Crippen molar-refractivity contribution in [3.8, 4) is 0 Å². The van der Waals surface area contributed by atoms with Gasteiger partial charge in [0.05, 0.1) is 18.5 Å². The minimum absolute atomic E-state index is 0.0852. The Morgan fingerprint density at radius 2 is 1.96 bits per heavy atom. The number of anilines is 1. The molecule has 3 rings (SSSR count). The summed E-state index contributed by atoms with van der Waals surface area (Å²) < 4.78 is 1.91. The van der Waals surface area contributed by atoms with Gasteiger partial charge in [-0.1, -0.05) is 30.3 Å².